The molecule has 7 heteroatoms. The second-order valence-electron chi connectivity index (χ2n) is 7.50. The van der Waals surface area contributed by atoms with Gasteiger partial charge in [-0.05, 0) is 60.7 Å². The van der Waals surface area contributed by atoms with Gasteiger partial charge in [-0.1, -0.05) is 24.3 Å². The Labute approximate surface area is 185 Å². The molecule has 0 unspecified atom stereocenters. The number of esters is 1. The van der Waals surface area contributed by atoms with Crippen molar-refractivity contribution in [2.45, 2.75) is 25.9 Å². The highest BCUT2D eigenvalue weighted by Crippen LogP contribution is 2.38. The van der Waals surface area contributed by atoms with Crippen molar-refractivity contribution in [3.8, 4) is 11.5 Å². The van der Waals surface area contributed by atoms with Gasteiger partial charge in [0.05, 0.1) is 31.0 Å². The summed E-state index contributed by atoms with van der Waals surface area (Å²) in [4.78, 5) is 29.0. The molecule has 164 valence electrons. The Hall–Kier alpha value is -3.87. The van der Waals surface area contributed by atoms with Crippen molar-refractivity contribution in [3.63, 3.8) is 0 Å². The molecule has 0 saturated carbocycles. The van der Waals surface area contributed by atoms with Gasteiger partial charge in [0, 0.05) is 5.39 Å². The highest BCUT2D eigenvalue weighted by molar-refractivity contribution is 6.07. The van der Waals surface area contributed by atoms with E-state index in [2.05, 4.69) is 0 Å². The van der Waals surface area contributed by atoms with E-state index in [1.807, 2.05) is 42.5 Å². The third-order valence-corrected chi connectivity index (χ3v) is 5.53. The van der Waals surface area contributed by atoms with Crippen molar-refractivity contribution in [2.75, 3.05) is 14.2 Å². The topological polar surface area (TPSA) is 95.0 Å². The van der Waals surface area contributed by atoms with Crippen LogP contribution >= 0.6 is 0 Å². The molecule has 1 aliphatic rings. The molecular formula is C25H23NO6. The number of carboxylic acid groups (broad SMARTS) is 1. The lowest BCUT2D eigenvalue weighted by Gasteiger charge is -2.14. The van der Waals surface area contributed by atoms with Crippen molar-refractivity contribution >= 4 is 34.5 Å². The van der Waals surface area contributed by atoms with Crippen LogP contribution in [0.2, 0.25) is 0 Å². The molecule has 1 atom stereocenters. The van der Waals surface area contributed by atoms with E-state index in [0.29, 0.717) is 40.8 Å². The fraction of sp³-hybridized carbons (Fsp3) is 0.240. The number of methoxy groups -OCH3 is 2. The summed E-state index contributed by atoms with van der Waals surface area (Å²) in [6.45, 7) is 1.34. The van der Waals surface area contributed by atoms with Gasteiger partial charge in [-0.3, -0.25) is 0 Å². The van der Waals surface area contributed by atoms with Gasteiger partial charge in [0.1, 0.15) is 0 Å². The zero-order valence-corrected chi connectivity index (χ0v) is 18.0. The molecule has 0 spiro atoms. The zero-order valence-electron chi connectivity index (χ0n) is 18.0. The molecule has 1 aliphatic carbocycles. The number of rotatable bonds is 6. The number of benzene rings is 2. The lowest BCUT2D eigenvalue weighted by molar-refractivity contribution is -0.146. The first kappa shape index (κ1) is 21.4. The van der Waals surface area contributed by atoms with Crippen LogP contribution in [0, 0.1) is 0 Å². The molecule has 0 fully saturated rings. The number of carbonyl (C=O) groups is 2. The molecule has 1 aromatic heterocycles. The number of aromatic nitrogens is 1. The average molecular weight is 433 g/mol. The number of fused-ring (bicyclic) bond motifs is 2. The van der Waals surface area contributed by atoms with Crippen LogP contribution in [-0.2, 0) is 16.0 Å². The number of carbonyl (C=O) groups excluding carboxylic acids is 1. The molecule has 4 rings (SSSR count). The first-order chi connectivity index (χ1) is 15.4. The smallest absolute Gasteiger partial charge is 0.344 e. The van der Waals surface area contributed by atoms with E-state index < -0.39 is 18.0 Å². The lowest BCUT2D eigenvalue weighted by Crippen LogP contribution is -2.24. The van der Waals surface area contributed by atoms with Crippen molar-refractivity contribution < 1.29 is 28.9 Å². The average Bonchev–Trinajstić information content (AvgIpc) is 3.18. The number of aliphatic carboxylic acids is 1. The molecular weight excluding hydrogens is 410 g/mol. The van der Waals surface area contributed by atoms with Gasteiger partial charge in [-0.2, -0.15) is 0 Å². The minimum absolute atomic E-state index is 0.384. The Kier molecular flexibility index (Phi) is 5.81. The molecule has 0 bridgehead atoms. The van der Waals surface area contributed by atoms with Crippen LogP contribution in [0.25, 0.3) is 22.6 Å². The molecule has 3 aromatic rings. The second-order valence-corrected chi connectivity index (χ2v) is 7.50. The molecule has 32 heavy (non-hydrogen) atoms. The number of nitrogens with zero attached hydrogens (tertiary/aromatic N) is 1. The number of pyridine rings is 1. The largest absolute Gasteiger partial charge is 0.493 e. The van der Waals surface area contributed by atoms with E-state index in [0.717, 1.165) is 22.4 Å². The van der Waals surface area contributed by atoms with Gasteiger partial charge < -0.3 is 19.3 Å². The normalized spacial score (nSPS) is 14.8. The summed E-state index contributed by atoms with van der Waals surface area (Å²) in [7, 11) is 3.17. The Bertz CT molecular complexity index is 1250. The summed E-state index contributed by atoms with van der Waals surface area (Å²) in [5.41, 5.74) is 4.45. The summed E-state index contributed by atoms with van der Waals surface area (Å²) in [6.07, 6.45) is 2.08. The molecule has 0 radical (unpaired) electrons. The van der Waals surface area contributed by atoms with Crippen molar-refractivity contribution in [2.24, 2.45) is 0 Å². The maximum atomic E-state index is 13.0. The van der Waals surface area contributed by atoms with E-state index in [1.54, 1.807) is 20.3 Å². The van der Waals surface area contributed by atoms with Gasteiger partial charge in [0.2, 0.25) is 0 Å². The minimum Gasteiger partial charge on any atom is -0.493 e. The monoisotopic (exact) mass is 433 g/mol. The van der Waals surface area contributed by atoms with Crippen molar-refractivity contribution in [1.29, 1.82) is 0 Å². The third kappa shape index (κ3) is 3.89. The van der Waals surface area contributed by atoms with E-state index in [1.165, 1.54) is 6.92 Å². The van der Waals surface area contributed by atoms with E-state index in [9.17, 15) is 9.59 Å². The van der Waals surface area contributed by atoms with Gasteiger partial charge in [0.15, 0.2) is 17.6 Å². The molecule has 0 aliphatic heterocycles. The van der Waals surface area contributed by atoms with E-state index in [-0.39, 0.29) is 0 Å². The van der Waals surface area contributed by atoms with Crippen molar-refractivity contribution in [3.05, 3.63) is 64.8 Å². The predicted octanol–water partition coefficient (Wildman–Crippen LogP) is 4.37. The summed E-state index contributed by atoms with van der Waals surface area (Å²) in [5, 5.41) is 9.81. The van der Waals surface area contributed by atoms with Crippen LogP contribution < -0.4 is 9.47 Å². The van der Waals surface area contributed by atoms with Crippen LogP contribution in [0.15, 0.2) is 42.5 Å². The Morgan fingerprint density at radius 3 is 2.53 bits per heavy atom. The fourth-order valence-corrected chi connectivity index (χ4v) is 3.93. The first-order valence-electron chi connectivity index (χ1n) is 10.2. The number of hydrogen-bond acceptors (Lipinski definition) is 6. The van der Waals surface area contributed by atoms with Gasteiger partial charge in [-0.15, -0.1) is 0 Å². The molecule has 2 aromatic carbocycles. The molecule has 1 heterocycles. The van der Waals surface area contributed by atoms with Gasteiger partial charge in [-0.25, -0.2) is 14.6 Å². The quantitative estimate of drug-likeness (QED) is 0.577. The SMILES string of the molecule is COc1ccc(/C=C2\CCc3c2nc2ccccc2c3C(=O)O[C@@H](C)C(=O)O)cc1OC. The van der Waals surface area contributed by atoms with Gasteiger partial charge in [0.25, 0.3) is 0 Å². The number of ether oxygens (including phenoxy) is 3. The van der Waals surface area contributed by atoms with E-state index in [4.69, 9.17) is 24.3 Å². The Balaban J connectivity index is 1.82. The van der Waals surface area contributed by atoms with Gasteiger partial charge >= 0.3 is 11.9 Å². The predicted molar refractivity (Wildman–Crippen MR) is 120 cm³/mol. The van der Waals surface area contributed by atoms with Crippen LogP contribution in [0.4, 0.5) is 0 Å². The fourth-order valence-electron chi connectivity index (χ4n) is 3.93. The molecule has 1 N–H and O–H groups in total. The molecule has 7 nitrogen and oxygen atoms in total. The minimum atomic E-state index is -1.24. The van der Waals surface area contributed by atoms with Crippen LogP contribution in [0.3, 0.4) is 0 Å². The second kappa shape index (κ2) is 8.70. The summed E-state index contributed by atoms with van der Waals surface area (Å²) in [5.74, 6) is -0.578. The highest BCUT2D eigenvalue weighted by Gasteiger charge is 2.29. The summed E-state index contributed by atoms with van der Waals surface area (Å²) >= 11 is 0. The first-order valence-corrected chi connectivity index (χ1v) is 10.2. The lowest BCUT2D eigenvalue weighted by atomic mass is 10.0. The number of carboxylic acids is 1. The third-order valence-electron chi connectivity index (χ3n) is 5.53. The zero-order chi connectivity index (χ0) is 22.8. The Morgan fingerprint density at radius 1 is 1.06 bits per heavy atom. The maximum Gasteiger partial charge on any atom is 0.344 e. The summed E-state index contributed by atoms with van der Waals surface area (Å²) < 4.78 is 15.9. The van der Waals surface area contributed by atoms with Crippen LogP contribution in [-0.4, -0.2) is 42.4 Å². The number of allylic oxidation sites excluding steroid dienone is 1. The molecule has 0 amide bonds. The summed E-state index contributed by atoms with van der Waals surface area (Å²) in [6, 6.07) is 13.0. The van der Waals surface area contributed by atoms with Crippen molar-refractivity contribution in [1.82, 2.24) is 4.98 Å². The van der Waals surface area contributed by atoms with Crippen LogP contribution in [0.1, 0.15) is 40.5 Å². The Morgan fingerprint density at radius 2 is 1.81 bits per heavy atom. The standard InChI is InChI=1S/C25H23NO6/c1-14(24(27)28)32-25(29)22-17-6-4-5-7-19(17)26-23-16(9-10-18(22)23)12-15-8-11-20(30-2)21(13-15)31-3/h4-8,11-14H,9-10H2,1-3H3,(H,27,28)/b16-12+/t14-/m0/s1. The molecule has 0 saturated heterocycles. The number of para-hydroxylation sites is 1. The number of hydrogen-bond donors (Lipinski definition) is 1. The maximum absolute atomic E-state index is 13.0. The van der Waals surface area contributed by atoms with Crippen LogP contribution in [0.5, 0.6) is 11.5 Å². The highest BCUT2D eigenvalue weighted by atomic mass is 16.6. The van der Waals surface area contributed by atoms with E-state index >= 15 is 0 Å².